The molecular formula is C34H39N3O5. The minimum Gasteiger partial charge on any atom is -0.497 e. The lowest BCUT2D eigenvalue weighted by atomic mass is 9.86. The van der Waals surface area contributed by atoms with Gasteiger partial charge in [0.1, 0.15) is 12.3 Å². The number of ether oxygens (including phenoxy) is 2. The van der Waals surface area contributed by atoms with Crippen molar-refractivity contribution in [1.29, 1.82) is 0 Å². The van der Waals surface area contributed by atoms with Crippen molar-refractivity contribution >= 4 is 29.6 Å². The molecule has 8 nitrogen and oxygen atoms in total. The summed E-state index contributed by atoms with van der Waals surface area (Å²) in [5, 5.41) is 0. The molecule has 2 aliphatic rings. The second kappa shape index (κ2) is 12.7. The molecular weight excluding hydrogens is 530 g/mol. The number of nitrogens with zero attached hydrogens (tertiary/aromatic N) is 3. The molecule has 1 amide bonds. The number of methoxy groups -OCH3 is 1. The highest BCUT2D eigenvalue weighted by atomic mass is 16.5. The number of rotatable bonds is 8. The number of esters is 1. The van der Waals surface area contributed by atoms with E-state index in [1.165, 1.54) is 11.0 Å². The Hall–Kier alpha value is -4.33. The molecule has 2 aromatic carbocycles. The van der Waals surface area contributed by atoms with Crippen LogP contribution < -0.4 is 10.4 Å². The fourth-order valence-electron chi connectivity index (χ4n) is 6.10. The number of aromatic nitrogens is 2. The minimum atomic E-state index is -0.514. The van der Waals surface area contributed by atoms with Crippen LogP contribution in [0.15, 0.2) is 65.0 Å². The van der Waals surface area contributed by atoms with E-state index in [1.54, 1.807) is 30.7 Å². The van der Waals surface area contributed by atoms with Crippen molar-refractivity contribution < 1.29 is 19.1 Å². The van der Waals surface area contributed by atoms with Crippen LogP contribution in [0.2, 0.25) is 0 Å². The van der Waals surface area contributed by atoms with Gasteiger partial charge in [-0.25, -0.2) is 4.79 Å². The van der Waals surface area contributed by atoms with Crippen LogP contribution in [-0.2, 0) is 20.9 Å². The van der Waals surface area contributed by atoms with E-state index in [4.69, 9.17) is 9.47 Å². The summed E-state index contributed by atoms with van der Waals surface area (Å²) >= 11 is 0. The third-order valence-electron chi connectivity index (χ3n) is 8.45. The third-order valence-corrected chi connectivity index (χ3v) is 8.45. The zero-order valence-corrected chi connectivity index (χ0v) is 24.8. The van der Waals surface area contributed by atoms with Gasteiger partial charge in [-0.05, 0) is 67.3 Å². The fourth-order valence-corrected chi connectivity index (χ4v) is 6.10. The topological polar surface area (TPSA) is 82.8 Å². The van der Waals surface area contributed by atoms with Crippen LogP contribution >= 0.6 is 0 Å². The zero-order chi connectivity index (χ0) is 29.8. The highest BCUT2D eigenvalue weighted by molar-refractivity contribution is 6.04. The van der Waals surface area contributed by atoms with Crippen LogP contribution in [0.3, 0.4) is 0 Å². The summed E-state index contributed by atoms with van der Waals surface area (Å²) in [5.74, 6) is -0.179. The molecule has 1 aromatic heterocycles. The van der Waals surface area contributed by atoms with Gasteiger partial charge in [0.2, 0.25) is 5.91 Å². The standard InChI is InChI=1S/C34H39N3O5/c1-5-42-32(38)22-36-30-21-29(33(39)35(3)25-14-10-7-11-15-25)23(2)28(24-12-8-6-9-13-24)20-31(30)37(34(36)40)26-16-18-27(41-4)19-17-26/h6,8-9,12-13,16-21,23,25H,5,7,10-11,14-15,22H2,1-4H3/t23-/m1/s1. The van der Waals surface area contributed by atoms with Gasteiger partial charge < -0.3 is 14.4 Å². The Morgan fingerprint density at radius 2 is 1.64 bits per heavy atom. The van der Waals surface area contributed by atoms with Gasteiger partial charge >= 0.3 is 11.7 Å². The number of allylic oxidation sites excluding steroid dienone is 1. The van der Waals surface area contributed by atoms with Gasteiger partial charge in [-0.2, -0.15) is 0 Å². The maximum Gasteiger partial charge on any atom is 0.334 e. The van der Waals surface area contributed by atoms with E-state index in [1.807, 2.05) is 73.5 Å². The van der Waals surface area contributed by atoms with E-state index < -0.39 is 5.97 Å². The predicted molar refractivity (Wildman–Crippen MR) is 164 cm³/mol. The number of amides is 1. The number of likely N-dealkylation sites (N-methyl/N-ethyl adjacent to an activating group) is 1. The summed E-state index contributed by atoms with van der Waals surface area (Å²) < 4.78 is 13.6. The maximum absolute atomic E-state index is 14.2. The van der Waals surface area contributed by atoms with Gasteiger partial charge in [-0.15, -0.1) is 0 Å². The first-order chi connectivity index (χ1) is 20.3. The van der Waals surface area contributed by atoms with Crippen molar-refractivity contribution in [2.24, 2.45) is 5.92 Å². The Labute approximate surface area is 246 Å². The van der Waals surface area contributed by atoms with Crippen LogP contribution in [0.1, 0.15) is 62.9 Å². The normalized spacial score (nSPS) is 17.0. The number of imidazole rings is 1. The monoisotopic (exact) mass is 569 g/mol. The summed E-state index contributed by atoms with van der Waals surface area (Å²) in [5.41, 5.74) is 3.80. The molecule has 0 unspecified atom stereocenters. The Morgan fingerprint density at radius 1 is 0.952 bits per heavy atom. The SMILES string of the molecule is CCOC(=O)Cn1c2c(n(-c3ccc(OC)cc3)c1=O)C=C(c1ccccc1)[C@@H](C)C(C(=O)N(C)C1CCCCC1)=C2. The van der Waals surface area contributed by atoms with E-state index in [0.717, 1.165) is 36.8 Å². The lowest BCUT2D eigenvalue weighted by Gasteiger charge is -2.33. The molecule has 42 heavy (non-hydrogen) atoms. The molecule has 220 valence electrons. The van der Waals surface area contributed by atoms with Crippen molar-refractivity contribution in [1.82, 2.24) is 14.0 Å². The molecule has 5 rings (SSSR count). The quantitative estimate of drug-likeness (QED) is 0.331. The second-order valence-corrected chi connectivity index (χ2v) is 11.0. The first kappa shape index (κ1) is 29.2. The molecule has 8 heteroatoms. The number of fused-ring (bicyclic) bond motifs is 1. The summed E-state index contributed by atoms with van der Waals surface area (Å²) in [4.78, 5) is 42.9. The van der Waals surface area contributed by atoms with Crippen LogP contribution in [0.4, 0.5) is 0 Å². The maximum atomic E-state index is 14.2. The van der Waals surface area contributed by atoms with Gasteiger partial charge in [0, 0.05) is 24.6 Å². The molecule has 0 aliphatic heterocycles. The molecule has 0 N–H and O–H groups in total. The second-order valence-electron chi connectivity index (χ2n) is 11.0. The third kappa shape index (κ3) is 5.71. The van der Waals surface area contributed by atoms with E-state index >= 15 is 0 Å². The molecule has 3 aromatic rings. The van der Waals surface area contributed by atoms with Crippen molar-refractivity contribution in [2.45, 2.75) is 58.5 Å². The van der Waals surface area contributed by atoms with Crippen molar-refractivity contribution in [3.05, 3.63) is 87.6 Å². The Bertz CT molecular complexity index is 1560. The Kier molecular flexibility index (Phi) is 8.80. The lowest BCUT2D eigenvalue weighted by molar-refractivity contribution is -0.143. The molecule has 1 heterocycles. The van der Waals surface area contributed by atoms with Gasteiger partial charge in [0.05, 0.1) is 30.8 Å². The molecule has 1 fully saturated rings. The molecule has 0 saturated heterocycles. The van der Waals surface area contributed by atoms with Gasteiger partial charge in [0.15, 0.2) is 0 Å². The lowest BCUT2D eigenvalue weighted by Crippen LogP contribution is -2.40. The average molecular weight is 570 g/mol. The fraction of sp³-hybridized carbons (Fsp3) is 0.382. The minimum absolute atomic E-state index is 0.0589. The first-order valence-corrected chi connectivity index (χ1v) is 14.7. The summed E-state index contributed by atoms with van der Waals surface area (Å²) in [6.07, 6.45) is 9.19. The molecule has 0 spiro atoms. The van der Waals surface area contributed by atoms with Crippen LogP contribution in [0.25, 0.3) is 23.4 Å². The zero-order valence-electron chi connectivity index (χ0n) is 24.8. The summed E-state index contributed by atoms with van der Waals surface area (Å²) in [6, 6.07) is 17.3. The van der Waals surface area contributed by atoms with Gasteiger partial charge in [-0.1, -0.05) is 56.5 Å². The van der Waals surface area contributed by atoms with E-state index in [0.29, 0.717) is 28.4 Å². The van der Waals surface area contributed by atoms with Crippen molar-refractivity contribution in [3.63, 3.8) is 0 Å². The van der Waals surface area contributed by atoms with Crippen LogP contribution in [0, 0.1) is 5.92 Å². The first-order valence-electron chi connectivity index (χ1n) is 14.7. The molecule has 0 bridgehead atoms. The number of benzene rings is 2. The smallest absolute Gasteiger partial charge is 0.334 e. The van der Waals surface area contributed by atoms with Crippen LogP contribution in [-0.4, -0.2) is 52.7 Å². The highest BCUT2D eigenvalue weighted by Gasteiger charge is 2.33. The van der Waals surface area contributed by atoms with Crippen molar-refractivity contribution in [2.75, 3.05) is 20.8 Å². The number of hydrogen-bond donors (Lipinski definition) is 0. The highest BCUT2D eigenvalue weighted by Crippen LogP contribution is 2.38. The predicted octanol–water partition coefficient (Wildman–Crippen LogP) is 5.58. The average Bonchev–Trinajstić information content (AvgIpc) is 3.17. The Morgan fingerprint density at radius 3 is 2.29 bits per heavy atom. The molecule has 1 atom stereocenters. The van der Waals surface area contributed by atoms with Crippen molar-refractivity contribution in [3.8, 4) is 11.4 Å². The number of carbonyl (C=O) groups is 2. The number of hydrogen-bond acceptors (Lipinski definition) is 5. The van der Waals surface area contributed by atoms with Gasteiger partial charge in [0.25, 0.3) is 0 Å². The van der Waals surface area contributed by atoms with E-state index in [9.17, 15) is 14.4 Å². The van der Waals surface area contributed by atoms with E-state index in [2.05, 4.69) is 0 Å². The molecule has 1 saturated carbocycles. The van der Waals surface area contributed by atoms with Gasteiger partial charge in [-0.3, -0.25) is 18.7 Å². The largest absolute Gasteiger partial charge is 0.497 e. The summed E-state index contributed by atoms with van der Waals surface area (Å²) in [7, 11) is 3.48. The van der Waals surface area contributed by atoms with E-state index in [-0.39, 0.29) is 36.7 Å². The van der Waals surface area contributed by atoms with Crippen LogP contribution in [0.5, 0.6) is 5.75 Å². The molecule has 0 radical (unpaired) electrons. The Balaban J connectivity index is 1.75. The molecule has 2 aliphatic carbocycles. The number of carbonyl (C=O) groups excluding carboxylic acids is 2. The summed E-state index contributed by atoms with van der Waals surface area (Å²) in [6.45, 7) is 3.71.